The second-order valence-electron chi connectivity index (χ2n) is 5.02. The van der Waals surface area contributed by atoms with Crippen LogP contribution < -0.4 is 19.6 Å². The standard InChI is InChI=1S/C18H19ClN2O4/c1-12(14-9-8-13(23-2)10-17(14)24-3)20-21-18(22)11-25-16-7-5-4-6-15(16)19/h4-10H,11H2,1-3H3,(H,21,22)/b20-12-. The van der Waals surface area contributed by atoms with Crippen LogP contribution in [0, 0.1) is 0 Å². The summed E-state index contributed by atoms with van der Waals surface area (Å²) in [5, 5.41) is 4.52. The molecule has 2 aromatic rings. The highest BCUT2D eigenvalue weighted by Crippen LogP contribution is 2.25. The van der Waals surface area contributed by atoms with E-state index in [-0.39, 0.29) is 6.61 Å². The maximum Gasteiger partial charge on any atom is 0.277 e. The van der Waals surface area contributed by atoms with Gasteiger partial charge in [-0.1, -0.05) is 23.7 Å². The van der Waals surface area contributed by atoms with E-state index in [2.05, 4.69) is 10.5 Å². The molecule has 0 aliphatic carbocycles. The molecule has 0 radical (unpaired) electrons. The summed E-state index contributed by atoms with van der Waals surface area (Å²) in [6.07, 6.45) is 0. The number of amides is 1. The lowest BCUT2D eigenvalue weighted by molar-refractivity contribution is -0.123. The lowest BCUT2D eigenvalue weighted by atomic mass is 10.1. The number of rotatable bonds is 7. The Hall–Kier alpha value is -2.73. The molecule has 2 aromatic carbocycles. The first kappa shape index (κ1) is 18.6. The number of hydrogen-bond acceptors (Lipinski definition) is 5. The minimum atomic E-state index is -0.397. The molecule has 0 spiro atoms. The van der Waals surface area contributed by atoms with E-state index in [4.69, 9.17) is 25.8 Å². The number of carbonyl (C=O) groups is 1. The van der Waals surface area contributed by atoms with Crippen molar-refractivity contribution in [1.82, 2.24) is 5.43 Å². The molecule has 0 atom stereocenters. The van der Waals surface area contributed by atoms with Gasteiger partial charge in [0.05, 0.1) is 25.0 Å². The van der Waals surface area contributed by atoms with Gasteiger partial charge >= 0.3 is 0 Å². The highest BCUT2D eigenvalue weighted by Gasteiger charge is 2.09. The van der Waals surface area contributed by atoms with Gasteiger partial charge in [-0.25, -0.2) is 5.43 Å². The third kappa shape index (κ3) is 5.12. The van der Waals surface area contributed by atoms with E-state index in [0.29, 0.717) is 28.0 Å². The summed E-state index contributed by atoms with van der Waals surface area (Å²) >= 11 is 5.96. The first-order chi connectivity index (χ1) is 12.0. The van der Waals surface area contributed by atoms with E-state index < -0.39 is 5.91 Å². The summed E-state index contributed by atoms with van der Waals surface area (Å²) in [6.45, 7) is 1.57. The van der Waals surface area contributed by atoms with Gasteiger partial charge in [-0.05, 0) is 31.2 Å². The van der Waals surface area contributed by atoms with Crippen molar-refractivity contribution in [2.24, 2.45) is 5.10 Å². The molecule has 0 fully saturated rings. The van der Waals surface area contributed by atoms with Gasteiger partial charge in [-0.3, -0.25) is 4.79 Å². The first-order valence-corrected chi connectivity index (χ1v) is 7.85. The largest absolute Gasteiger partial charge is 0.497 e. The topological polar surface area (TPSA) is 69.2 Å². The normalized spacial score (nSPS) is 11.0. The van der Waals surface area contributed by atoms with Crippen LogP contribution in [-0.2, 0) is 4.79 Å². The quantitative estimate of drug-likeness (QED) is 0.606. The second kappa shape index (κ2) is 8.94. The van der Waals surface area contributed by atoms with Crippen molar-refractivity contribution in [3.63, 3.8) is 0 Å². The second-order valence-corrected chi connectivity index (χ2v) is 5.42. The molecular formula is C18H19ClN2O4. The molecule has 1 N–H and O–H groups in total. The molecule has 0 unspecified atom stereocenters. The number of methoxy groups -OCH3 is 2. The van der Waals surface area contributed by atoms with Gasteiger partial charge in [0.15, 0.2) is 6.61 Å². The highest BCUT2D eigenvalue weighted by molar-refractivity contribution is 6.32. The van der Waals surface area contributed by atoms with Gasteiger partial charge in [0.25, 0.3) is 5.91 Å². The monoisotopic (exact) mass is 362 g/mol. The van der Waals surface area contributed by atoms with Gasteiger partial charge in [-0.15, -0.1) is 0 Å². The molecular weight excluding hydrogens is 344 g/mol. The van der Waals surface area contributed by atoms with Crippen molar-refractivity contribution in [2.75, 3.05) is 20.8 Å². The Balaban J connectivity index is 1.98. The van der Waals surface area contributed by atoms with E-state index in [1.165, 1.54) is 0 Å². The van der Waals surface area contributed by atoms with E-state index in [1.807, 2.05) is 6.07 Å². The maximum absolute atomic E-state index is 11.9. The van der Waals surface area contributed by atoms with E-state index in [0.717, 1.165) is 5.56 Å². The number of nitrogens with zero attached hydrogens (tertiary/aromatic N) is 1. The molecule has 132 valence electrons. The number of ether oxygens (including phenoxy) is 3. The van der Waals surface area contributed by atoms with Gasteiger partial charge in [0, 0.05) is 11.6 Å². The molecule has 2 rings (SSSR count). The van der Waals surface area contributed by atoms with Crippen molar-refractivity contribution < 1.29 is 19.0 Å². The lowest BCUT2D eigenvalue weighted by Gasteiger charge is -2.10. The molecule has 0 aromatic heterocycles. The van der Waals surface area contributed by atoms with Gasteiger partial charge in [0.1, 0.15) is 17.2 Å². The zero-order chi connectivity index (χ0) is 18.2. The molecule has 25 heavy (non-hydrogen) atoms. The van der Waals surface area contributed by atoms with Gasteiger partial charge in [0.2, 0.25) is 0 Å². The number of hydrogen-bond donors (Lipinski definition) is 1. The Kier molecular flexibility index (Phi) is 6.65. The predicted molar refractivity (Wildman–Crippen MR) is 96.8 cm³/mol. The summed E-state index contributed by atoms with van der Waals surface area (Å²) in [6, 6.07) is 12.3. The van der Waals surface area contributed by atoms with Crippen LogP contribution in [0.25, 0.3) is 0 Å². The molecule has 0 saturated carbocycles. The SMILES string of the molecule is COc1ccc(/C(C)=N\NC(=O)COc2ccccc2Cl)c(OC)c1. The highest BCUT2D eigenvalue weighted by atomic mass is 35.5. The fourth-order valence-corrected chi connectivity index (χ4v) is 2.23. The number of nitrogens with one attached hydrogen (secondary N) is 1. The fraction of sp³-hybridized carbons (Fsp3) is 0.222. The molecule has 0 aliphatic heterocycles. The van der Waals surface area contributed by atoms with Crippen LogP contribution in [0.4, 0.5) is 0 Å². The van der Waals surface area contributed by atoms with E-state index in [1.54, 1.807) is 57.5 Å². The summed E-state index contributed by atoms with van der Waals surface area (Å²) in [7, 11) is 3.14. The molecule has 0 saturated heterocycles. The summed E-state index contributed by atoms with van der Waals surface area (Å²) < 4.78 is 15.8. The fourth-order valence-electron chi connectivity index (χ4n) is 2.04. The Morgan fingerprint density at radius 1 is 1.12 bits per heavy atom. The number of para-hydroxylation sites is 1. The Morgan fingerprint density at radius 3 is 2.56 bits per heavy atom. The zero-order valence-electron chi connectivity index (χ0n) is 14.2. The number of halogens is 1. The van der Waals surface area contributed by atoms with Gasteiger partial charge < -0.3 is 14.2 Å². The van der Waals surface area contributed by atoms with Crippen molar-refractivity contribution in [3.8, 4) is 17.2 Å². The van der Waals surface area contributed by atoms with Crippen molar-refractivity contribution in [2.45, 2.75) is 6.92 Å². The predicted octanol–water partition coefficient (Wildman–Crippen LogP) is 3.28. The summed E-state index contributed by atoms with van der Waals surface area (Å²) in [4.78, 5) is 11.9. The smallest absolute Gasteiger partial charge is 0.277 e. The minimum Gasteiger partial charge on any atom is -0.497 e. The van der Waals surface area contributed by atoms with Crippen LogP contribution in [0.3, 0.4) is 0 Å². The van der Waals surface area contributed by atoms with Crippen LogP contribution in [0.1, 0.15) is 12.5 Å². The third-order valence-corrected chi connectivity index (χ3v) is 3.65. The summed E-state index contributed by atoms with van der Waals surface area (Å²) in [5.74, 6) is 1.32. The average molecular weight is 363 g/mol. The molecule has 0 aliphatic rings. The average Bonchev–Trinajstić information content (AvgIpc) is 2.64. The molecule has 0 bridgehead atoms. The molecule has 1 amide bonds. The Morgan fingerprint density at radius 2 is 1.88 bits per heavy atom. The molecule has 7 heteroatoms. The van der Waals surface area contributed by atoms with Gasteiger partial charge in [-0.2, -0.15) is 5.10 Å². The zero-order valence-corrected chi connectivity index (χ0v) is 15.0. The van der Waals surface area contributed by atoms with Crippen molar-refractivity contribution >= 4 is 23.2 Å². The molecule has 6 nitrogen and oxygen atoms in total. The van der Waals surface area contributed by atoms with Crippen molar-refractivity contribution in [1.29, 1.82) is 0 Å². The van der Waals surface area contributed by atoms with E-state index in [9.17, 15) is 4.79 Å². The minimum absolute atomic E-state index is 0.194. The summed E-state index contributed by atoms with van der Waals surface area (Å²) in [5.41, 5.74) is 3.78. The first-order valence-electron chi connectivity index (χ1n) is 7.48. The number of benzene rings is 2. The lowest BCUT2D eigenvalue weighted by Crippen LogP contribution is -2.25. The Labute approximate surface area is 151 Å². The maximum atomic E-state index is 11.9. The van der Waals surface area contributed by atoms with Crippen LogP contribution in [-0.4, -0.2) is 32.4 Å². The third-order valence-electron chi connectivity index (χ3n) is 3.34. The van der Waals surface area contributed by atoms with Crippen LogP contribution >= 0.6 is 11.6 Å². The number of carbonyl (C=O) groups excluding carboxylic acids is 1. The number of hydrazone groups is 1. The van der Waals surface area contributed by atoms with E-state index >= 15 is 0 Å². The molecule has 0 heterocycles. The van der Waals surface area contributed by atoms with Crippen LogP contribution in [0.2, 0.25) is 5.02 Å². The van der Waals surface area contributed by atoms with Crippen molar-refractivity contribution in [3.05, 3.63) is 53.1 Å². The Bertz CT molecular complexity index is 777. The van der Waals surface area contributed by atoms with Crippen LogP contribution in [0.5, 0.6) is 17.2 Å². The van der Waals surface area contributed by atoms with Crippen LogP contribution in [0.15, 0.2) is 47.6 Å².